The SMILES string of the molecule is CCOC(=O)N1CCC(N(C)C(=O)c2ccc(F)c(F)c2)CC1. The van der Waals surface area contributed by atoms with Gasteiger partial charge in [0.05, 0.1) is 6.61 Å². The molecule has 0 saturated carbocycles. The molecule has 0 N–H and O–H groups in total. The Morgan fingerprint density at radius 3 is 2.48 bits per heavy atom. The Morgan fingerprint density at radius 2 is 1.91 bits per heavy atom. The summed E-state index contributed by atoms with van der Waals surface area (Å²) in [4.78, 5) is 27.1. The van der Waals surface area contributed by atoms with Crippen molar-refractivity contribution in [3.63, 3.8) is 0 Å². The number of nitrogens with zero attached hydrogens (tertiary/aromatic N) is 2. The summed E-state index contributed by atoms with van der Waals surface area (Å²) in [6.07, 6.45) is 0.885. The van der Waals surface area contributed by atoms with Crippen LogP contribution in [0.2, 0.25) is 0 Å². The fourth-order valence-electron chi connectivity index (χ4n) is 2.65. The van der Waals surface area contributed by atoms with E-state index >= 15 is 0 Å². The smallest absolute Gasteiger partial charge is 0.409 e. The highest BCUT2D eigenvalue weighted by Gasteiger charge is 2.28. The first-order chi connectivity index (χ1) is 10.9. The van der Waals surface area contributed by atoms with Gasteiger partial charge in [-0.25, -0.2) is 13.6 Å². The molecule has 0 spiro atoms. The lowest BCUT2D eigenvalue weighted by atomic mass is 10.0. The van der Waals surface area contributed by atoms with E-state index in [2.05, 4.69) is 0 Å². The van der Waals surface area contributed by atoms with Gasteiger partial charge >= 0.3 is 6.09 Å². The average molecular weight is 326 g/mol. The number of piperidine rings is 1. The number of amides is 2. The van der Waals surface area contributed by atoms with Crippen molar-refractivity contribution >= 4 is 12.0 Å². The minimum atomic E-state index is -1.04. The standard InChI is InChI=1S/C16H20F2N2O3/c1-3-23-16(22)20-8-6-12(7-9-20)19(2)15(21)11-4-5-13(17)14(18)10-11/h4-5,10,12H,3,6-9H2,1-2H3. The molecule has 1 heterocycles. The van der Waals surface area contributed by atoms with E-state index in [9.17, 15) is 18.4 Å². The van der Waals surface area contributed by atoms with Gasteiger partial charge in [-0.2, -0.15) is 0 Å². The van der Waals surface area contributed by atoms with Gasteiger partial charge in [0, 0.05) is 31.7 Å². The number of rotatable bonds is 3. The van der Waals surface area contributed by atoms with Crippen LogP contribution < -0.4 is 0 Å². The van der Waals surface area contributed by atoms with Crippen LogP contribution in [0.4, 0.5) is 13.6 Å². The van der Waals surface area contributed by atoms with Crippen molar-refractivity contribution in [1.29, 1.82) is 0 Å². The molecule has 2 amide bonds. The van der Waals surface area contributed by atoms with Crippen molar-refractivity contribution in [2.24, 2.45) is 0 Å². The van der Waals surface area contributed by atoms with Crippen LogP contribution in [0.15, 0.2) is 18.2 Å². The van der Waals surface area contributed by atoms with Crippen LogP contribution in [0.25, 0.3) is 0 Å². The highest BCUT2D eigenvalue weighted by Crippen LogP contribution is 2.19. The topological polar surface area (TPSA) is 49.9 Å². The molecule has 0 bridgehead atoms. The molecule has 0 radical (unpaired) electrons. The van der Waals surface area contributed by atoms with Gasteiger partial charge in [-0.15, -0.1) is 0 Å². The van der Waals surface area contributed by atoms with Crippen LogP contribution >= 0.6 is 0 Å². The number of ether oxygens (including phenoxy) is 1. The van der Waals surface area contributed by atoms with E-state index in [0.29, 0.717) is 32.5 Å². The van der Waals surface area contributed by atoms with E-state index < -0.39 is 11.6 Å². The van der Waals surface area contributed by atoms with Crippen LogP contribution in [0, 0.1) is 11.6 Å². The predicted octanol–water partition coefficient (Wildman–Crippen LogP) is 2.66. The van der Waals surface area contributed by atoms with E-state index in [1.165, 1.54) is 11.0 Å². The molecule has 5 nitrogen and oxygen atoms in total. The lowest BCUT2D eigenvalue weighted by Crippen LogP contribution is -2.47. The quantitative estimate of drug-likeness (QED) is 0.858. The maximum absolute atomic E-state index is 13.3. The number of hydrogen-bond donors (Lipinski definition) is 0. The molecule has 1 aromatic rings. The third-order valence-corrected chi connectivity index (χ3v) is 4.03. The largest absolute Gasteiger partial charge is 0.450 e. The van der Waals surface area contributed by atoms with Gasteiger partial charge in [-0.3, -0.25) is 4.79 Å². The Morgan fingerprint density at radius 1 is 1.26 bits per heavy atom. The number of halogens is 2. The molecule has 126 valence electrons. The molecule has 0 atom stereocenters. The van der Waals surface area contributed by atoms with Gasteiger partial charge in [-0.05, 0) is 38.0 Å². The Bertz CT molecular complexity index is 587. The van der Waals surface area contributed by atoms with Gasteiger partial charge in [0.15, 0.2) is 11.6 Å². The van der Waals surface area contributed by atoms with Crippen LogP contribution in [0.1, 0.15) is 30.1 Å². The van der Waals surface area contributed by atoms with Gasteiger partial charge in [0.25, 0.3) is 5.91 Å². The molecular formula is C16H20F2N2O3. The lowest BCUT2D eigenvalue weighted by molar-refractivity contribution is 0.0602. The highest BCUT2D eigenvalue weighted by atomic mass is 19.2. The Kier molecular flexibility index (Phi) is 5.52. The van der Waals surface area contributed by atoms with Crippen LogP contribution in [-0.2, 0) is 4.74 Å². The molecule has 7 heteroatoms. The zero-order valence-corrected chi connectivity index (χ0v) is 13.2. The number of hydrogen-bond acceptors (Lipinski definition) is 3. The minimum absolute atomic E-state index is 0.0544. The maximum atomic E-state index is 13.3. The third-order valence-electron chi connectivity index (χ3n) is 4.03. The monoisotopic (exact) mass is 326 g/mol. The first kappa shape index (κ1) is 17.2. The summed E-state index contributed by atoms with van der Waals surface area (Å²) in [7, 11) is 1.63. The maximum Gasteiger partial charge on any atom is 0.409 e. The van der Waals surface area contributed by atoms with Gasteiger partial charge in [-0.1, -0.05) is 0 Å². The number of likely N-dealkylation sites (tertiary alicyclic amines) is 1. The van der Waals surface area contributed by atoms with E-state index in [1.807, 2.05) is 0 Å². The second kappa shape index (κ2) is 7.39. The second-order valence-corrected chi connectivity index (χ2v) is 5.46. The van der Waals surface area contributed by atoms with Crippen molar-refractivity contribution in [3.8, 4) is 0 Å². The van der Waals surface area contributed by atoms with Gasteiger partial charge < -0.3 is 14.5 Å². The minimum Gasteiger partial charge on any atom is -0.450 e. The summed E-state index contributed by atoms with van der Waals surface area (Å²) in [5, 5.41) is 0. The van der Waals surface area contributed by atoms with Crippen LogP contribution in [-0.4, -0.2) is 54.6 Å². The fourth-order valence-corrected chi connectivity index (χ4v) is 2.65. The van der Waals surface area contributed by atoms with Crippen molar-refractivity contribution in [2.75, 3.05) is 26.7 Å². The number of benzene rings is 1. The Labute approximate surface area is 133 Å². The molecule has 23 heavy (non-hydrogen) atoms. The van der Waals surface area contributed by atoms with Gasteiger partial charge in [0.2, 0.25) is 0 Å². The molecule has 0 unspecified atom stereocenters. The number of carbonyl (C=O) groups excluding carboxylic acids is 2. The lowest BCUT2D eigenvalue weighted by Gasteiger charge is -2.36. The predicted molar refractivity (Wildman–Crippen MR) is 80.1 cm³/mol. The van der Waals surface area contributed by atoms with Crippen molar-refractivity contribution < 1.29 is 23.1 Å². The van der Waals surface area contributed by atoms with Crippen molar-refractivity contribution in [3.05, 3.63) is 35.4 Å². The summed E-state index contributed by atoms with van der Waals surface area (Å²) in [6, 6.07) is 3.06. The second-order valence-electron chi connectivity index (χ2n) is 5.46. The Balaban J connectivity index is 1.96. The molecule has 1 aliphatic rings. The fraction of sp³-hybridized carbons (Fsp3) is 0.500. The molecule has 1 aromatic carbocycles. The molecule has 1 fully saturated rings. The summed E-state index contributed by atoms with van der Waals surface area (Å²) < 4.78 is 31.2. The van der Waals surface area contributed by atoms with Crippen LogP contribution in [0.5, 0.6) is 0 Å². The zero-order chi connectivity index (χ0) is 17.0. The zero-order valence-electron chi connectivity index (χ0n) is 13.2. The molecule has 1 saturated heterocycles. The van der Waals surface area contributed by atoms with Crippen molar-refractivity contribution in [1.82, 2.24) is 9.80 Å². The summed E-state index contributed by atoms with van der Waals surface area (Å²) in [6.45, 7) is 3.07. The first-order valence-electron chi connectivity index (χ1n) is 7.58. The third kappa shape index (κ3) is 3.97. The molecule has 0 aliphatic carbocycles. The van der Waals surface area contributed by atoms with E-state index in [0.717, 1.165) is 12.1 Å². The normalized spacial score (nSPS) is 15.4. The van der Waals surface area contributed by atoms with Crippen molar-refractivity contribution in [2.45, 2.75) is 25.8 Å². The summed E-state index contributed by atoms with van der Waals surface area (Å²) >= 11 is 0. The Hall–Kier alpha value is -2.18. The van der Waals surface area contributed by atoms with E-state index in [-0.39, 0.29) is 23.6 Å². The number of carbonyl (C=O) groups is 2. The van der Waals surface area contributed by atoms with Gasteiger partial charge in [0.1, 0.15) is 0 Å². The summed E-state index contributed by atoms with van der Waals surface area (Å²) in [5.74, 6) is -2.38. The highest BCUT2D eigenvalue weighted by molar-refractivity contribution is 5.94. The average Bonchev–Trinajstić information content (AvgIpc) is 2.56. The first-order valence-corrected chi connectivity index (χ1v) is 7.58. The molecule has 1 aliphatic heterocycles. The summed E-state index contributed by atoms with van der Waals surface area (Å²) in [5.41, 5.74) is 0.110. The van der Waals surface area contributed by atoms with E-state index in [1.54, 1.807) is 18.9 Å². The van der Waals surface area contributed by atoms with E-state index in [4.69, 9.17) is 4.74 Å². The van der Waals surface area contributed by atoms with Crippen LogP contribution in [0.3, 0.4) is 0 Å². The molecular weight excluding hydrogens is 306 g/mol. The molecule has 2 rings (SSSR count). The molecule has 0 aromatic heterocycles.